The number of aryl methyl sites for hydroxylation is 3. The van der Waals surface area contributed by atoms with Gasteiger partial charge in [-0.25, -0.2) is 0 Å². The number of benzene rings is 1. The van der Waals surface area contributed by atoms with Gasteiger partial charge in [0.2, 0.25) is 0 Å². The van der Waals surface area contributed by atoms with E-state index in [0.29, 0.717) is 6.04 Å². The minimum absolute atomic E-state index is 0.233. The van der Waals surface area contributed by atoms with Gasteiger partial charge in [-0.2, -0.15) is 0 Å². The van der Waals surface area contributed by atoms with Crippen molar-refractivity contribution >= 4 is 0 Å². The van der Waals surface area contributed by atoms with Gasteiger partial charge in [-0.15, -0.1) is 0 Å². The third kappa shape index (κ3) is 4.57. The standard InChI is InChI=1S/C20H35N/c1-8-12-21-19(20(5,6)7)18-16(10-3)13-15(9-2)14-17(18)11-4/h13-14,19,21H,8-12H2,1-7H3. The van der Waals surface area contributed by atoms with E-state index in [9.17, 15) is 0 Å². The Kier molecular flexibility index (Phi) is 6.93. The maximum absolute atomic E-state index is 3.81. The van der Waals surface area contributed by atoms with Gasteiger partial charge in [-0.05, 0) is 59.9 Å². The second kappa shape index (κ2) is 7.98. The van der Waals surface area contributed by atoms with Crippen LogP contribution in [0, 0.1) is 5.41 Å². The molecule has 0 amide bonds. The molecule has 0 aliphatic rings. The fourth-order valence-electron chi connectivity index (χ4n) is 3.14. The zero-order chi connectivity index (χ0) is 16.0. The van der Waals surface area contributed by atoms with Crippen molar-refractivity contribution in [2.75, 3.05) is 6.54 Å². The molecule has 21 heavy (non-hydrogen) atoms. The highest BCUT2D eigenvalue weighted by molar-refractivity contribution is 5.42. The molecule has 0 aromatic heterocycles. The minimum Gasteiger partial charge on any atom is -0.309 e. The van der Waals surface area contributed by atoms with Crippen LogP contribution < -0.4 is 5.32 Å². The summed E-state index contributed by atoms with van der Waals surface area (Å²) < 4.78 is 0. The van der Waals surface area contributed by atoms with Gasteiger partial charge in [0.25, 0.3) is 0 Å². The molecule has 0 spiro atoms. The first-order chi connectivity index (χ1) is 9.88. The maximum atomic E-state index is 3.81. The fourth-order valence-corrected chi connectivity index (χ4v) is 3.14. The third-order valence-electron chi connectivity index (χ3n) is 4.33. The van der Waals surface area contributed by atoms with Crippen LogP contribution in [-0.4, -0.2) is 6.54 Å². The molecular weight excluding hydrogens is 254 g/mol. The average Bonchev–Trinajstić information content (AvgIpc) is 2.45. The predicted molar refractivity (Wildman–Crippen MR) is 95.1 cm³/mol. The lowest BCUT2D eigenvalue weighted by Gasteiger charge is -2.35. The summed E-state index contributed by atoms with van der Waals surface area (Å²) in [5.41, 5.74) is 6.36. The molecule has 0 aliphatic carbocycles. The molecule has 0 saturated carbocycles. The van der Waals surface area contributed by atoms with Crippen LogP contribution in [0.4, 0.5) is 0 Å². The smallest absolute Gasteiger partial charge is 0.0374 e. The Labute approximate surface area is 132 Å². The van der Waals surface area contributed by atoms with Crippen LogP contribution in [-0.2, 0) is 19.3 Å². The van der Waals surface area contributed by atoms with E-state index >= 15 is 0 Å². The van der Waals surface area contributed by atoms with Gasteiger partial charge in [0.1, 0.15) is 0 Å². The molecule has 1 atom stereocenters. The average molecular weight is 290 g/mol. The van der Waals surface area contributed by atoms with E-state index in [2.05, 4.69) is 65.9 Å². The van der Waals surface area contributed by atoms with Crippen molar-refractivity contribution in [1.82, 2.24) is 5.32 Å². The number of nitrogens with one attached hydrogen (secondary N) is 1. The molecule has 0 heterocycles. The van der Waals surface area contributed by atoms with E-state index < -0.39 is 0 Å². The monoisotopic (exact) mass is 289 g/mol. The van der Waals surface area contributed by atoms with E-state index in [1.165, 1.54) is 23.1 Å². The van der Waals surface area contributed by atoms with E-state index in [1.54, 1.807) is 5.56 Å². The van der Waals surface area contributed by atoms with Gasteiger partial charge < -0.3 is 5.32 Å². The number of rotatable bonds is 7. The van der Waals surface area contributed by atoms with Crippen molar-refractivity contribution < 1.29 is 0 Å². The first kappa shape index (κ1) is 18.2. The van der Waals surface area contributed by atoms with E-state index in [-0.39, 0.29) is 5.41 Å². The summed E-state index contributed by atoms with van der Waals surface area (Å²) in [6, 6.07) is 5.30. The number of hydrogen-bond acceptors (Lipinski definition) is 1. The van der Waals surface area contributed by atoms with E-state index in [0.717, 1.165) is 25.8 Å². The van der Waals surface area contributed by atoms with Gasteiger partial charge in [-0.3, -0.25) is 0 Å². The van der Waals surface area contributed by atoms with Crippen molar-refractivity contribution in [3.8, 4) is 0 Å². The molecule has 1 unspecified atom stereocenters. The molecule has 0 radical (unpaired) electrons. The highest BCUT2D eigenvalue weighted by atomic mass is 14.9. The molecule has 0 fully saturated rings. The molecule has 0 aliphatic heterocycles. The number of hydrogen-bond donors (Lipinski definition) is 1. The lowest BCUT2D eigenvalue weighted by molar-refractivity contribution is 0.271. The molecule has 1 N–H and O–H groups in total. The van der Waals surface area contributed by atoms with Gasteiger partial charge in [0, 0.05) is 6.04 Å². The predicted octanol–water partition coefficient (Wildman–Crippen LogP) is 5.46. The van der Waals surface area contributed by atoms with Crippen LogP contribution in [0.15, 0.2) is 12.1 Å². The second-order valence-corrected chi connectivity index (χ2v) is 7.14. The Balaban J connectivity index is 3.40. The Bertz CT molecular complexity index is 415. The van der Waals surface area contributed by atoms with Gasteiger partial charge in [-0.1, -0.05) is 60.6 Å². The third-order valence-corrected chi connectivity index (χ3v) is 4.33. The molecule has 1 nitrogen and oxygen atoms in total. The zero-order valence-corrected chi connectivity index (χ0v) is 15.3. The molecule has 1 heteroatoms. The van der Waals surface area contributed by atoms with Crippen LogP contribution in [0.25, 0.3) is 0 Å². The summed E-state index contributed by atoms with van der Waals surface area (Å²) in [6.45, 7) is 17.2. The van der Waals surface area contributed by atoms with Gasteiger partial charge in [0.05, 0.1) is 0 Å². The summed E-state index contributed by atoms with van der Waals surface area (Å²) in [4.78, 5) is 0. The molecule has 1 aromatic carbocycles. The van der Waals surface area contributed by atoms with Crippen LogP contribution in [0.2, 0.25) is 0 Å². The SMILES string of the molecule is CCCNC(c1c(CC)cc(CC)cc1CC)C(C)(C)C. The summed E-state index contributed by atoms with van der Waals surface area (Å²) in [6.07, 6.45) is 4.55. The Morgan fingerprint density at radius 1 is 0.905 bits per heavy atom. The normalized spacial score (nSPS) is 13.5. The van der Waals surface area contributed by atoms with Crippen molar-refractivity contribution in [1.29, 1.82) is 0 Å². The molecule has 1 aromatic rings. The van der Waals surface area contributed by atoms with Gasteiger partial charge >= 0.3 is 0 Å². The molecule has 0 saturated heterocycles. The molecule has 0 bridgehead atoms. The van der Waals surface area contributed by atoms with Crippen LogP contribution in [0.1, 0.15) is 83.2 Å². The summed E-state index contributed by atoms with van der Waals surface area (Å²) in [5, 5.41) is 3.81. The Hall–Kier alpha value is -0.820. The first-order valence-electron chi connectivity index (χ1n) is 8.76. The Morgan fingerprint density at radius 3 is 1.76 bits per heavy atom. The topological polar surface area (TPSA) is 12.0 Å². The van der Waals surface area contributed by atoms with E-state index in [4.69, 9.17) is 0 Å². The van der Waals surface area contributed by atoms with Crippen molar-refractivity contribution in [3.63, 3.8) is 0 Å². The fraction of sp³-hybridized carbons (Fsp3) is 0.700. The van der Waals surface area contributed by atoms with Crippen LogP contribution in [0.3, 0.4) is 0 Å². The largest absolute Gasteiger partial charge is 0.309 e. The molecule has 1 rings (SSSR count). The summed E-state index contributed by atoms with van der Waals surface area (Å²) in [5.74, 6) is 0. The molecular formula is C20H35N. The molecule has 120 valence electrons. The second-order valence-electron chi connectivity index (χ2n) is 7.14. The van der Waals surface area contributed by atoms with E-state index in [1.807, 2.05) is 0 Å². The van der Waals surface area contributed by atoms with Crippen molar-refractivity contribution in [2.45, 2.75) is 80.2 Å². The maximum Gasteiger partial charge on any atom is 0.0374 e. The zero-order valence-electron chi connectivity index (χ0n) is 15.3. The van der Waals surface area contributed by atoms with Gasteiger partial charge in [0.15, 0.2) is 0 Å². The van der Waals surface area contributed by atoms with Crippen molar-refractivity contribution in [3.05, 3.63) is 34.4 Å². The first-order valence-corrected chi connectivity index (χ1v) is 8.76. The highest BCUT2D eigenvalue weighted by Gasteiger charge is 2.29. The Morgan fingerprint density at radius 2 is 1.43 bits per heavy atom. The minimum atomic E-state index is 0.233. The van der Waals surface area contributed by atoms with Crippen molar-refractivity contribution in [2.24, 2.45) is 5.41 Å². The summed E-state index contributed by atoms with van der Waals surface area (Å²) in [7, 11) is 0. The highest BCUT2D eigenvalue weighted by Crippen LogP contribution is 2.37. The summed E-state index contributed by atoms with van der Waals surface area (Å²) >= 11 is 0. The quantitative estimate of drug-likeness (QED) is 0.702. The van der Waals surface area contributed by atoms with Crippen LogP contribution >= 0.6 is 0 Å². The lowest BCUT2D eigenvalue weighted by atomic mass is 9.77. The lowest BCUT2D eigenvalue weighted by Crippen LogP contribution is -2.34. The van der Waals surface area contributed by atoms with Crippen LogP contribution in [0.5, 0.6) is 0 Å².